The number of carbonyl (C=O) groups is 1. The molecule has 3 rings (SSSR count). The second-order valence-corrected chi connectivity index (χ2v) is 6.01. The maximum Gasteiger partial charge on any atom is 0.326 e. The monoisotopic (exact) mass is 330 g/mol. The van der Waals surface area contributed by atoms with Crippen LogP contribution in [-0.4, -0.2) is 33.3 Å². The molecule has 24 heavy (non-hydrogen) atoms. The molecule has 1 aliphatic carbocycles. The molecule has 3 N–H and O–H groups in total. The lowest BCUT2D eigenvalue weighted by atomic mass is 9.86. The number of rotatable bonds is 5. The summed E-state index contributed by atoms with van der Waals surface area (Å²) in [5.74, 6) is 1.96. The molecule has 2 aromatic rings. The third-order valence-electron chi connectivity index (χ3n) is 4.20. The first-order valence-electron chi connectivity index (χ1n) is 8.21. The van der Waals surface area contributed by atoms with E-state index in [0.29, 0.717) is 17.5 Å². The van der Waals surface area contributed by atoms with Gasteiger partial charge < -0.3 is 4.74 Å². The van der Waals surface area contributed by atoms with Crippen LogP contribution in [0.15, 0.2) is 18.5 Å². The average molecular weight is 330 g/mol. The molecule has 0 aliphatic heterocycles. The molecule has 0 atom stereocenters. The fourth-order valence-electron chi connectivity index (χ4n) is 3.02. The fourth-order valence-corrected chi connectivity index (χ4v) is 3.02. The van der Waals surface area contributed by atoms with E-state index in [1.54, 1.807) is 6.07 Å². The van der Waals surface area contributed by atoms with Gasteiger partial charge in [0, 0.05) is 17.8 Å². The van der Waals surface area contributed by atoms with E-state index in [0.717, 1.165) is 18.0 Å². The number of nitrogens with one attached hydrogen (secondary N) is 3. The van der Waals surface area contributed by atoms with Crippen molar-refractivity contribution in [3.05, 3.63) is 24.2 Å². The Hall–Kier alpha value is -2.64. The Labute approximate surface area is 140 Å². The largest absolute Gasteiger partial charge is 0.481 e. The Bertz CT molecular complexity index is 681. The molecule has 2 aromatic heterocycles. The van der Waals surface area contributed by atoms with Gasteiger partial charge in [-0.3, -0.25) is 15.7 Å². The third kappa shape index (κ3) is 4.43. The molecule has 1 saturated carbocycles. The van der Waals surface area contributed by atoms with Crippen LogP contribution in [0, 0.1) is 5.92 Å². The number of urea groups is 1. The fraction of sp³-hybridized carbons (Fsp3) is 0.500. The molecule has 0 radical (unpaired) electrons. The van der Waals surface area contributed by atoms with Gasteiger partial charge in [0.1, 0.15) is 12.1 Å². The van der Waals surface area contributed by atoms with Crippen LogP contribution >= 0.6 is 0 Å². The lowest BCUT2D eigenvalue weighted by Crippen LogP contribution is -2.20. The van der Waals surface area contributed by atoms with Crippen LogP contribution in [0.5, 0.6) is 5.88 Å². The molecule has 2 amide bonds. The van der Waals surface area contributed by atoms with Gasteiger partial charge in [0.25, 0.3) is 0 Å². The van der Waals surface area contributed by atoms with Gasteiger partial charge in [0.05, 0.1) is 7.11 Å². The predicted molar refractivity (Wildman–Crippen MR) is 90.1 cm³/mol. The van der Waals surface area contributed by atoms with Gasteiger partial charge in [-0.05, 0) is 12.3 Å². The van der Waals surface area contributed by atoms with Crippen molar-refractivity contribution < 1.29 is 9.53 Å². The number of aromatic amines is 1. The third-order valence-corrected chi connectivity index (χ3v) is 4.20. The lowest BCUT2D eigenvalue weighted by molar-refractivity contribution is 0.262. The van der Waals surface area contributed by atoms with E-state index in [4.69, 9.17) is 4.74 Å². The van der Waals surface area contributed by atoms with Crippen molar-refractivity contribution in [1.82, 2.24) is 20.2 Å². The molecule has 0 spiro atoms. The second kappa shape index (κ2) is 7.76. The summed E-state index contributed by atoms with van der Waals surface area (Å²) in [4.78, 5) is 19.8. The Morgan fingerprint density at radius 2 is 2.00 bits per heavy atom. The van der Waals surface area contributed by atoms with Gasteiger partial charge in [0.2, 0.25) is 5.88 Å². The first-order valence-corrected chi connectivity index (χ1v) is 8.21. The number of H-pyrrole nitrogens is 1. The molecule has 0 bridgehead atoms. The summed E-state index contributed by atoms with van der Waals surface area (Å²) in [5, 5.41) is 12.5. The van der Waals surface area contributed by atoms with Crippen molar-refractivity contribution in [1.29, 1.82) is 0 Å². The molecule has 2 heterocycles. The van der Waals surface area contributed by atoms with Gasteiger partial charge in [-0.2, -0.15) is 5.10 Å². The first kappa shape index (κ1) is 16.2. The number of hydrogen-bond acceptors (Lipinski definition) is 5. The van der Waals surface area contributed by atoms with Crippen LogP contribution in [0.2, 0.25) is 0 Å². The lowest BCUT2D eigenvalue weighted by Gasteiger charge is -2.20. The zero-order valence-electron chi connectivity index (χ0n) is 13.7. The highest BCUT2D eigenvalue weighted by Crippen LogP contribution is 2.26. The van der Waals surface area contributed by atoms with Crippen molar-refractivity contribution in [2.24, 2.45) is 5.92 Å². The highest BCUT2D eigenvalue weighted by atomic mass is 16.5. The molecule has 1 aliphatic rings. The van der Waals surface area contributed by atoms with Crippen molar-refractivity contribution >= 4 is 17.7 Å². The zero-order chi connectivity index (χ0) is 16.8. The summed E-state index contributed by atoms with van der Waals surface area (Å²) in [6.07, 6.45) is 8.84. The molecule has 1 fully saturated rings. The van der Waals surface area contributed by atoms with E-state index >= 15 is 0 Å². The Morgan fingerprint density at radius 1 is 1.21 bits per heavy atom. The molecule has 0 aromatic carbocycles. The van der Waals surface area contributed by atoms with Crippen molar-refractivity contribution in [2.75, 3.05) is 17.7 Å². The summed E-state index contributed by atoms with van der Waals surface area (Å²) >= 11 is 0. The van der Waals surface area contributed by atoms with Gasteiger partial charge >= 0.3 is 6.03 Å². The molecule has 128 valence electrons. The minimum Gasteiger partial charge on any atom is -0.481 e. The second-order valence-electron chi connectivity index (χ2n) is 6.01. The predicted octanol–water partition coefficient (Wildman–Crippen LogP) is 2.98. The number of nitrogens with zero attached hydrogens (tertiary/aromatic N) is 3. The normalized spacial score (nSPS) is 15.0. The van der Waals surface area contributed by atoms with E-state index < -0.39 is 6.03 Å². The molecule has 0 saturated heterocycles. The Kier molecular flexibility index (Phi) is 5.25. The average Bonchev–Trinajstić information content (AvgIpc) is 3.02. The molecule has 8 nitrogen and oxygen atoms in total. The van der Waals surface area contributed by atoms with Crippen LogP contribution < -0.4 is 15.4 Å². The quantitative estimate of drug-likeness (QED) is 0.781. The molecular weight excluding hydrogens is 308 g/mol. The van der Waals surface area contributed by atoms with Gasteiger partial charge in [-0.15, -0.1) is 0 Å². The summed E-state index contributed by atoms with van der Waals surface area (Å²) in [5.41, 5.74) is 1.06. The zero-order valence-corrected chi connectivity index (χ0v) is 13.7. The first-order chi connectivity index (χ1) is 11.7. The molecule has 0 unspecified atom stereocenters. The topological polar surface area (TPSA) is 105 Å². The summed E-state index contributed by atoms with van der Waals surface area (Å²) in [7, 11) is 1.50. The maximum absolute atomic E-state index is 12.0. The van der Waals surface area contributed by atoms with Crippen LogP contribution in [0.1, 0.15) is 37.8 Å². The SMILES string of the molecule is COc1cc(NC(=O)Nc2cc(CC3CCCCC3)[nH]n2)ncn1. The molecular formula is C16H22N6O2. The Morgan fingerprint density at radius 3 is 2.79 bits per heavy atom. The van der Waals surface area contributed by atoms with E-state index in [1.807, 2.05) is 6.07 Å². The van der Waals surface area contributed by atoms with Gasteiger partial charge in [-0.1, -0.05) is 32.1 Å². The van der Waals surface area contributed by atoms with E-state index in [-0.39, 0.29) is 0 Å². The van der Waals surface area contributed by atoms with E-state index in [9.17, 15) is 4.79 Å². The minimum absolute atomic E-state index is 0.359. The minimum atomic E-state index is -0.411. The van der Waals surface area contributed by atoms with Crippen LogP contribution in [0.3, 0.4) is 0 Å². The van der Waals surface area contributed by atoms with Crippen molar-refractivity contribution in [2.45, 2.75) is 38.5 Å². The van der Waals surface area contributed by atoms with Crippen LogP contribution in [0.25, 0.3) is 0 Å². The standard InChI is InChI=1S/C16H22N6O2/c1-24-15-9-13(17-10-18-15)19-16(23)20-14-8-12(21-22-14)7-11-5-3-2-4-6-11/h8-11H,2-7H2,1H3,(H3,17,18,19,20,21,22,23). The number of methoxy groups -OCH3 is 1. The highest BCUT2D eigenvalue weighted by molar-refractivity contribution is 5.98. The number of aromatic nitrogens is 4. The van der Waals surface area contributed by atoms with Crippen LogP contribution in [-0.2, 0) is 6.42 Å². The summed E-state index contributed by atoms with van der Waals surface area (Å²) < 4.78 is 4.99. The number of anilines is 2. The number of carbonyl (C=O) groups excluding carboxylic acids is 1. The van der Waals surface area contributed by atoms with E-state index in [2.05, 4.69) is 30.8 Å². The summed E-state index contributed by atoms with van der Waals surface area (Å²) in [6, 6.07) is 3.01. The number of amides is 2. The number of hydrogen-bond donors (Lipinski definition) is 3. The van der Waals surface area contributed by atoms with Crippen LogP contribution in [0.4, 0.5) is 16.4 Å². The molecule has 8 heteroatoms. The Balaban J connectivity index is 1.52. The summed E-state index contributed by atoms with van der Waals surface area (Å²) in [6.45, 7) is 0. The van der Waals surface area contributed by atoms with Crippen molar-refractivity contribution in [3.8, 4) is 5.88 Å². The smallest absolute Gasteiger partial charge is 0.326 e. The van der Waals surface area contributed by atoms with Gasteiger partial charge in [-0.25, -0.2) is 14.8 Å². The van der Waals surface area contributed by atoms with Crippen molar-refractivity contribution in [3.63, 3.8) is 0 Å². The number of ether oxygens (including phenoxy) is 1. The highest BCUT2D eigenvalue weighted by Gasteiger charge is 2.15. The van der Waals surface area contributed by atoms with Gasteiger partial charge in [0.15, 0.2) is 5.82 Å². The maximum atomic E-state index is 12.0. The van der Waals surface area contributed by atoms with E-state index in [1.165, 1.54) is 45.5 Å².